The molecule has 0 aromatic heterocycles. The van der Waals surface area contributed by atoms with Crippen molar-refractivity contribution in [2.45, 2.75) is 40.2 Å². The van der Waals surface area contributed by atoms with Gasteiger partial charge in [0, 0.05) is 37.8 Å². The highest BCUT2D eigenvalue weighted by atomic mass is 16.5. The number of hydrogen-bond acceptors (Lipinski definition) is 4. The number of carbonyl (C=O) groups is 1. The van der Waals surface area contributed by atoms with Crippen molar-refractivity contribution in [3.8, 4) is 0 Å². The Labute approximate surface area is 175 Å². The average Bonchev–Trinajstić information content (AvgIpc) is 2.75. The van der Waals surface area contributed by atoms with E-state index in [1.54, 1.807) is 0 Å². The average molecular weight is 404 g/mol. The number of anilines is 1. The zero-order chi connectivity index (χ0) is 20.9. The minimum absolute atomic E-state index is 0.0127. The minimum Gasteiger partial charge on any atom is -0.379 e. The van der Waals surface area contributed by atoms with Crippen LogP contribution in [0.5, 0.6) is 0 Å². The molecule has 0 radical (unpaired) electrons. The number of amides is 1. The normalized spacial score (nSPS) is 16.3. The van der Waals surface area contributed by atoms with E-state index in [0.717, 1.165) is 76.0 Å². The molecule has 1 aromatic carbocycles. The van der Waals surface area contributed by atoms with E-state index in [1.165, 1.54) is 0 Å². The Balaban J connectivity index is 1.82. The molecule has 1 unspecified atom stereocenters. The van der Waals surface area contributed by atoms with Crippen molar-refractivity contribution in [1.29, 1.82) is 0 Å². The summed E-state index contributed by atoms with van der Waals surface area (Å²) in [5, 5.41) is 9.69. The zero-order valence-corrected chi connectivity index (χ0v) is 18.2. The van der Waals surface area contributed by atoms with Gasteiger partial charge in [0.1, 0.15) is 0 Å². The Morgan fingerprint density at radius 2 is 2.03 bits per heavy atom. The molecule has 2 rings (SSSR count). The predicted octanol–water partition coefficient (Wildman–Crippen LogP) is 2.45. The minimum atomic E-state index is 0.0127. The fraction of sp³-hybridized carbons (Fsp3) is 0.636. The monoisotopic (exact) mass is 403 g/mol. The van der Waals surface area contributed by atoms with Gasteiger partial charge in [-0.05, 0) is 44.0 Å². The lowest BCUT2D eigenvalue weighted by molar-refractivity contribution is -0.119. The van der Waals surface area contributed by atoms with Crippen LogP contribution >= 0.6 is 0 Å². The molecule has 1 amide bonds. The Morgan fingerprint density at radius 1 is 1.24 bits per heavy atom. The second kappa shape index (κ2) is 13.2. The highest BCUT2D eigenvalue weighted by Gasteiger charge is 2.11. The van der Waals surface area contributed by atoms with Gasteiger partial charge in [0.15, 0.2) is 5.96 Å². The van der Waals surface area contributed by atoms with Gasteiger partial charge in [0.05, 0.1) is 19.8 Å². The predicted molar refractivity (Wildman–Crippen MR) is 119 cm³/mol. The molecule has 1 fully saturated rings. The Bertz CT molecular complexity index is 644. The van der Waals surface area contributed by atoms with E-state index in [2.05, 4.69) is 32.8 Å². The molecule has 3 N–H and O–H groups in total. The topological polar surface area (TPSA) is 78.0 Å². The first-order chi connectivity index (χ1) is 14.1. The van der Waals surface area contributed by atoms with Crippen molar-refractivity contribution < 1.29 is 9.53 Å². The smallest absolute Gasteiger partial charge is 0.227 e. The Hall–Kier alpha value is -2.12. The van der Waals surface area contributed by atoms with Crippen LogP contribution in [0.25, 0.3) is 0 Å². The molecule has 0 spiro atoms. The van der Waals surface area contributed by atoms with Crippen molar-refractivity contribution >= 4 is 17.6 Å². The number of ether oxygens (including phenoxy) is 1. The molecule has 7 nitrogen and oxygen atoms in total. The van der Waals surface area contributed by atoms with Crippen molar-refractivity contribution in [2.24, 2.45) is 10.9 Å². The number of nitrogens with zero attached hydrogens (tertiary/aromatic N) is 2. The molecule has 1 aromatic rings. The lowest BCUT2D eigenvalue weighted by Gasteiger charge is -2.26. The van der Waals surface area contributed by atoms with Crippen LogP contribution in [0.3, 0.4) is 0 Å². The van der Waals surface area contributed by atoms with Crippen molar-refractivity contribution in [1.82, 2.24) is 15.5 Å². The summed E-state index contributed by atoms with van der Waals surface area (Å²) in [4.78, 5) is 19.2. The third-order valence-corrected chi connectivity index (χ3v) is 5.07. The maximum absolute atomic E-state index is 12.1. The van der Waals surface area contributed by atoms with Crippen LogP contribution in [0.15, 0.2) is 29.3 Å². The summed E-state index contributed by atoms with van der Waals surface area (Å²) in [5.74, 6) is 0.894. The first-order valence-electron chi connectivity index (χ1n) is 10.8. The molecule has 0 saturated carbocycles. The van der Waals surface area contributed by atoms with E-state index >= 15 is 0 Å². The largest absolute Gasteiger partial charge is 0.379 e. The first kappa shape index (κ1) is 23.2. The summed E-state index contributed by atoms with van der Waals surface area (Å²) in [6, 6.07) is 7.90. The third-order valence-electron chi connectivity index (χ3n) is 5.07. The number of hydrogen-bond donors (Lipinski definition) is 3. The van der Waals surface area contributed by atoms with Gasteiger partial charge in [-0.2, -0.15) is 0 Å². The second-order valence-electron chi connectivity index (χ2n) is 7.43. The maximum atomic E-state index is 12.1. The van der Waals surface area contributed by atoms with Crippen molar-refractivity contribution in [2.75, 3.05) is 51.3 Å². The summed E-state index contributed by atoms with van der Waals surface area (Å²) in [6.07, 6.45) is 1.90. The number of rotatable bonds is 10. The van der Waals surface area contributed by atoms with Gasteiger partial charge < -0.3 is 20.7 Å². The van der Waals surface area contributed by atoms with Crippen LogP contribution in [0, 0.1) is 5.92 Å². The van der Waals surface area contributed by atoms with Crippen LogP contribution in [0.4, 0.5) is 5.69 Å². The first-order valence-corrected chi connectivity index (χ1v) is 10.8. The highest BCUT2D eigenvalue weighted by Crippen LogP contribution is 2.13. The fourth-order valence-corrected chi connectivity index (χ4v) is 3.04. The van der Waals surface area contributed by atoms with Crippen molar-refractivity contribution in [3.05, 3.63) is 29.8 Å². The van der Waals surface area contributed by atoms with Crippen LogP contribution in [0.2, 0.25) is 0 Å². The van der Waals surface area contributed by atoms with E-state index < -0.39 is 0 Å². The highest BCUT2D eigenvalue weighted by molar-refractivity contribution is 5.92. The van der Waals surface area contributed by atoms with Gasteiger partial charge in [-0.1, -0.05) is 26.0 Å². The van der Waals surface area contributed by atoms with Gasteiger partial charge in [-0.15, -0.1) is 0 Å². The van der Waals surface area contributed by atoms with E-state index in [4.69, 9.17) is 4.74 Å². The van der Waals surface area contributed by atoms with Crippen molar-refractivity contribution in [3.63, 3.8) is 0 Å². The summed E-state index contributed by atoms with van der Waals surface area (Å²) >= 11 is 0. The number of benzene rings is 1. The van der Waals surface area contributed by atoms with Gasteiger partial charge in [0.2, 0.25) is 5.91 Å². The number of morpholine rings is 1. The molecule has 0 aliphatic carbocycles. The van der Waals surface area contributed by atoms with Crippen LogP contribution in [-0.2, 0) is 16.1 Å². The number of guanidine groups is 1. The second-order valence-corrected chi connectivity index (χ2v) is 7.43. The summed E-state index contributed by atoms with van der Waals surface area (Å²) in [6.45, 7) is 13.1. The standard InChI is InChI=1S/C22H37N5O2/c1-4-18(3)21(28)26-20-9-6-8-19(16-20)17-25-22(23-5-2)24-10-7-11-27-12-14-29-15-13-27/h6,8-9,16,18H,4-5,7,10-15,17H2,1-3H3,(H,26,28)(H2,23,24,25). The number of aliphatic imine (C=N–C) groups is 1. The van der Waals surface area contributed by atoms with Crippen LogP contribution in [0.1, 0.15) is 39.2 Å². The molecule has 1 atom stereocenters. The van der Waals surface area contributed by atoms with E-state index in [9.17, 15) is 4.79 Å². The van der Waals surface area contributed by atoms with Crippen LogP contribution in [-0.4, -0.2) is 62.7 Å². The van der Waals surface area contributed by atoms with Crippen LogP contribution < -0.4 is 16.0 Å². The number of carbonyl (C=O) groups excluding carboxylic acids is 1. The summed E-state index contributed by atoms with van der Waals surface area (Å²) in [7, 11) is 0. The Morgan fingerprint density at radius 3 is 2.76 bits per heavy atom. The molecule has 29 heavy (non-hydrogen) atoms. The summed E-state index contributed by atoms with van der Waals surface area (Å²) < 4.78 is 5.39. The van der Waals surface area contributed by atoms with Gasteiger partial charge >= 0.3 is 0 Å². The van der Waals surface area contributed by atoms with Gasteiger partial charge in [-0.3, -0.25) is 9.69 Å². The molecular weight excluding hydrogens is 366 g/mol. The van der Waals surface area contributed by atoms with E-state index in [-0.39, 0.29) is 11.8 Å². The molecule has 1 heterocycles. The number of nitrogens with one attached hydrogen (secondary N) is 3. The molecule has 7 heteroatoms. The van der Waals surface area contributed by atoms with E-state index in [1.807, 2.05) is 38.1 Å². The Kier molecular flexibility index (Phi) is 10.5. The fourth-order valence-electron chi connectivity index (χ4n) is 3.04. The zero-order valence-electron chi connectivity index (χ0n) is 18.2. The SMILES string of the molecule is CCNC(=NCc1cccc(NC(=O)C(C)CC)c1)NCCCN1CCOCC1. The van der Waals surface area contributed by atoms with Gasteiger partial charge in [-0.25, -0.2) is 4.99 Å². The quantitative estimate of drug-likeness (QED) is 0.318. The lowest BCUT2D eigenvalue weighted by Crippen LogP contribution is -2.40. The molecule has 1 aliphatic heterocycles. The third kappa shape index (κ3) is 8.83. The molecule has 1 aliphatic rings. The molecule has 1 saturated heterocycles. The lowest BCUT2D eigenvalue weighted by atomic mass is 10.1. The maximum Gasteiger partial charge on any atom is 0.227 e. The van der Waals surface area contributed by atoms with E-state index in [0.29, 0.717) is 6.54 Å². The molecule has 0 bridgehead atoms. The summed E-state index contributed by atoms with van der Waals surface area (Å²) in [5.41, 5.74) is 1.89. The van der Waals surface area contributed by atoms with Gasteiger partial charge in [0.25, 0.3) is 0 Å². The molecule has 162 valence electrons. The molecular formula is C22H37N5O2.